The normalized spacial score (nSPS) is 17.5. The summed E-state index contributed by atoms with van der Waals surface area (Å²) in [6.45, 7) is 1.84. The lowest BCUT2D eigenvalue weighted by Crippen LogP contribution is -2.33. The molecule has 0 radical (unpaired) electrons. The Bertz CT molecular complexity index is 1410. The van der Waals surface area contributed by atoms with Crippen molar-refractivity contribution in [1.82, 2.24) is 25.2 Å². The average molecular weight is 518 g/mol. The Morgan fingerprint density at radius 3 is 2.56 bits per heavy atom. The molecule has 1 atom stereocenters. The molecule has 12 heteroatoms. The largest absolute Gasteiger partial charge is 0.481 e. The molecule has 0 bridgehead atoms. The monoisotopic (exact) mass is 517 g/mol. The van der Waals surface area contributed by atoms with Gasteiger partial charge in [0.05, 0.1) is 16.6 Å². The molecular formula is C24H22ClF2N5O4. The second-order valence-electron chi connectivity index (χ2n) is 8.80. The molecular weight excluding hydrogens is 496 g/mol. The van der Waals surface area contributed by atoms with Crippen LogP contribution in [-0.2, 0) is 11.3 Å². The van der Waals surface area contributed by atoms with Gasteiger partial charge in [0.15, 0.2) is 11.5 Å². The number of hydrogen-bond donors (Lipinski definition) is 3. The average Bonchev–Trinajstić information content (AvgIpc) is 3.24. The highest BCUT2D eigenvalue weighted by Crippen LogP contribution is 2.35. The lowest BCUT2D eigenvalue weighted by molar-refractivity contribution is -0.148. The number of halogens is 3. The van der Waals surface area contributed by atoms with Crippen molar-refractivity contribution in [1.29, 1.82) is 0 Å². The lowest BCUT2D eigenvalue weighted by atomic mass is 9.76. The molecule has 36 heavy (non-hydrogen) atoms. The topological polar surface area (TPSA) is 126 Å². The molecule has 2 heterocycles. The van der Waals surface area contributed by atoms with Gasteiger partial charge in [0.25, 0.3) is 11.8 Å². The molecule has 3 N–H and O–H groups in total. The molecule has 2 amide bonds. The van der Waals surface area contributed by atoms with E-state index in [2.05, 4.69) is 20.7 Å². The van der Waals surface area contributed by atoms with Crippen LogP contribution >= 0.6 is 11.6 Å². The lowest BCUT2D eigenvalue weighted by Gasteiger charge is -2.28. The molecule has 0 aliphatic heterocycles. The number of carbonyl (C=O) groups is 3. The van der Waals surface area contributed by atoms with Gasteiger partial charge in [-0.1, -0.05) is 29.3 Å². The first-order valence-corrected chi connectivity index (χ1v) is 11.4. The summed E-state index contributed by atoms with van der Waals surface area (Å²) in [4.78, 5) is 41.1. The second kappa shape index (κ2) is 10.0. The summed E-state index contributed by atoms with van der Waals surface area (Å²) in [5.41, 5.74) is -0.0513. The summed E-state index contributed by atoms with van der Waals surface area (Å²) >= 11 is 5.76. The van der Waals surface area contributed by atoms with Gasteiger partial charge in [-0.15, -0.1) is 0 Å². The van der Waals surface area contributed by atoms with Crippen molar-refractivity contribution in [2.75, 3.05) is 6.54 Å². The number of carboxylic acids is 1. The Morgan fingerprint density at radius 2 is 1.89 bits per heavy atom. The zero-order valence-corrected chi connectivity index (χ0v) is 19.9. The van der Waals surface area contributed by atoms with E-state index in [9.17, 15) is 28.3 Å². The van der Waals surface area contributed by atoms with Crippen LogP contribution < -0.4 is 10.6 Å². The van der Waals surface area contributed by atoms with Gasteiger partial charge < -0.3 is 15.7 Å². The minimum absolute atomic E-state index is 0.00160. The molecule has 1 aromatic carbocycles. The van der Waals surface area contributed by atoms with Crippen LogP contribution in [-0.4, -0.2) is 44.0 Å². The highest BCUT2D eigenvalue weighted by atomic mass is 35.5. The van der Waals surface area contributed by atoms with Gasteiger partial charge in [0.1, 0.15) is 17.2 Å². The summed E-state index contributed by atoms with van der Waals surface area (Å²) in [5, 5.41) is 18.4. The van der Waals surface area contributed by atoms with Crippen molar-refractivity contribution in [2.24, 2.45) is 5.41 Å². The summed E-state index contributed by atoms with van der Waals surface area (Å²) in [6, 6.07) is 5.18. The third kappa shape index (κ3) is 5.20. The number of amides is 2. The Labute approximate surface area is 209 Å². The quantitative estimate of drug-likeness (QED) is 0.412. The second-order valence-corrected chi connectivity index (χ2v) is 9.21. The number of hydrogen-bond acceptors (Lipinski definition) is 5. The first kappa shape index (κ1) is 25.2. The summed E-state index contributed by atoms with van der Waals surface area (Å²) < 4.78 is 28.6. The van der Waals surface area contributed by atoms with Crippen LogP contribution in [0.4, 0.5) is 8.78 Å². The third-order valence-electron chi connectivity index (χ3n) is 6.16. The van der Waals surface area contributed by atoms with E-state index in [1.165, 1.54) is 24.3 Å². The van der Waals surface area contributed by atoms with Crippen LogP contribution in [0.25, 0.3) is 5.65 Å². The van der Waals surface area contributed by atoms with E-state index in [0.717, 1.165) is 16.3 Å². The van der Waals surface area contributed by atoms with Crippen molar-refractivity contribution in [3.63, 3.8) is 0 Å². The molecule has 188 valence electrons. The van der Waals surface area contributed by atoms with Gasteiger partial charge in [-0.25, -0.2) is 18.3 Å². The predicted octanol–water partition coefficient (Wildman–Crippen LogP) is 3.52. The van der Waals surface area contributed by atoms with E-state index in [1.807, 2.05) is 0 Å². The maximum absolute atomic E-state index is 14.3. The highest BCUT2D eigenvalue weighted by molar-refractivity contribution is 6.30. The minimum atomic E-state index is -0.866. The SMILES string of the molecule is CC1(C(=O)O)CC=C(CNC(=O)c2cc(C(=O)NCc3ccc(F)c(Cl)c3)nc3c(F)cnn23)CC1. The number of aromatic nitrogens is 3. The molecule has 3 aromatic rings. The fourth-order valence-corrected chi connectivity index (χ4v) is 3.99. The Kier molecular flexibility index (Phi) is 7.02. The van der Waals surface area contributed by atoms with E-state index in [-0.39, 0.29) is 35.1 Å². The molecule has 1 aliphatic rings. The van der Waals surface area contributed by atoms with Crippen molar-refractivity contribution in [3.8, 4) is 0 Å². The van der Waals surface area contributed by atoms with E-state index in [1.54, 1.807) is 13.0 Å². The first-order valence-electron chi connectivity index (χ1n) is 11.0. The van der Waals surface area contributed by atoms with Gasteiger partial charge in [0, 0.05) is 19.2 Å². The third-order valence-corrected chi connectivity index (χ3v) is 6.45. The smallest absolute Gasteiger partial charge is 0.309 e. The van der Waals surface area contributed by atoms with Gasteiger partial charge >= 0.3 is 5.97 Å². The standard InChI is InChI=1S/C24H22ClF2N5O4/c1-24(23(35)36)6-4-13(5-7-24)10-29-22(34)19-9-18(31-20-17(27)12-30-32(19)20)21(33)28-11-14-2-3-16(26)15(25)8-14/h2-4,8-9,12H,5-7,10-11H2,1H3,(H,28,33)(H,29,34)(H,35,36). The van der Waals surface area contributed by atoms with Gasteiger partial charge in [0.2, 0.25) is 0 Å². The maximum atomic E-state index is 14.3. The van der Waals surface area contributed by atoms with E-state index < -0.39 is 34.8 Å². The zero-order valence-electron chi connectivity index (χ0n) is 19.1. The number of allylic oxidation sites excluding steroid dienone is 1. The molecule has 0 saturated carbocycles. The molecule has 2 aromatic heterocycles. The number of carbonyl (C=O) groups excluding carboxylic acids is 2. The zero-order chi connectivity index (χ0) is 26.0. The summed E-state index contributed by atoms with van der Waals surface area (Å²) in [7, 11) is 0. The number of nitrogens with one attached hydrogen (secondary N) is 2. The van der Waals surface area contributed by atoms with Crippen LogP contribution in [0.2, 0.25) is 5.02 Å². The van der Waals surface area contributed by atoms with Crippen LogP contribution in [0.5, 0.6) is 0 Å². The fraction of sp³-hybridized carbons (Fsp3) is 0.292. The van der Waals surface area contributed by atoms with Crippen LogP contribution in [0.15, 0.2) is 42.1 Å². The molecule has 0 saturated heterocycles. The molecule has 0 fully saturated rings. The Hall–Kier alpha value is -3.86. The number of carboxylic acid groups (broad SMARTS) is 1. The van der Waals surface area contributed by atoms with Crippen molar-refractivity contribution in [2.45, 2.75) is 32.7 Å². The number of benzene rings is 1. The first-order chi connectivity index (χ1) is 17.1. The number of aliphatic carboxylic acids is 1. The van der Waals surface area contributed by atoms with Gasteiger partial charge in [-0.2, -0.15) is 5.10 Å². The van der Waals surface area contributed by atoms with Crippen molar-refractivity contribution < 1.29 is 28.3 Å². The minimum Gasteiger partial charge on any atom is -0.481 e. The number of fused-ring (bicyclic) bond motifs is 1. The molecule has 1 unspecified atom stereocenters. The molecule has 0 spiro atoms. The van der Waals surface area contributed by atoms with Crippen LogP contribution in [0, 0.1) is 17.0 Å². The van der Waals surface area contributed by atoms with Gasteiger partial charge in [-0.3, -0.25) is 14.4 Å². The molecule has 4 rings (SSSR count). The van der Waals surface area contributed by atoms with E-state index in [0.29, 0.717) is 24.8 Å². The van der Waals surface area contributed by atoms with E-state index in [4.69, 9.17) is 11.6 Å². The van der Waals surface area contributed by atoms with Crippen molar-refractivity contribution in [3.05, 3.63) is 75.7 Å². The molecule has 1 aliphatic carbocycles. The fourth-order valence-electron chi connectivity index (χ4n) is 3.79. The van der Waals surface area contributed by atoms with Gasteiger partial charge in [-0.05, 0) is 43.9 Å². The maximum Gasteiger partial charge on any atom is 0.309 e. The van der Waals surface area contributed by atoms with E-state index >= 15 is 0 Å². The summed E-state index contributed by atoms with van der Waals surface area (Å²) in [6.07, 6.45) is 3.98. The highest BCUT2D eigenvalue weighted by Gasteiger charge is 2.34. The Balaban J connectivity index is 1.50. The molecule has 9 nitrogen and oxygen atoms in total. The Morgan fingerprint density at radius 1 is 1.14 bits per heavy atom. The number of nitrogens with zero attached hydrogens (tertiary/aromatic N) is 3. The van der Waals surface area contributed by atoms with Crippen LogP contribution in [0.1, 0.15) is 52.7 Å². The van der Waals surface area contributed by atoms with Crippen molar-refractivity contribution >= 4 is 35.0 Å². The summed E-state index contributed by atoms with van der Waals surface area (Å²) in [5.74, 6) is -3.57. The van der Waals surface area contributed by atoms with Crippen LogP contribution in [0.3, 0.4) is 0 Å². The predicted molar refractivity (Wildman–Crippen MR) is 126 cm³/mol. The number of rotatable bonds is 7.